The van der Waals surface area contributed by atoms with Crippen molar-refractivity contribution in [1.29, 1.82) is 0 Å². The summed E-state index contributed by atoms with van der Waals surface area (Å²) in [5.41, 5.74) is 2.08. The molecule has 0 aromatic heterocycles. The Kier molecular flexibility index (Phi) is 6.54. The van der Waals surface area contributed by atoms with E-state index in [1.54, 1.807) is 61.5 Å². The minimum atomic E-state index is -0.582. The van der Waals surface area contributed by atoms with Gasteiger partial charge in [-0.25, -0.2) is 4.79 Å². The number of hydrogen-bond donors (Lipinski definition) is 2. The molecule has 3 rings (SSSR count). The average Bonchev–Trinajstić information content (AvgIpc) is 3.01. The van der Waals surface area contributed by atoms with Crippen molar-refractivity contribution >= 4 is 41.1 Å². The van der Waals surface area contributed by atoms with E-state index < -0.39 is 5.97 Å². The van der Waals surface area contributed by atoms with Crippen molar-refractivity contribution in [1.82, 2.24) is 5.32 Å². The number of para-hydroxylation sites is 1. The molecule has 1 aliphatic rings. The smallest absolute Gasteiger partial charge is 0.340 e. The van der Waals surface area contributed by atoms with Gasteiger partial charge in [0.25, 0.3) is 11.8 Å². The van der Waals surface area contributed by atoms with Gasteiger partial charge in [0.15, 0.2) is 6.61 Å². The van der Waals surface area contributed by atoms with E-state index in [4.69, 9.17) is 21.1 Å². The van der Waals surface area contributed by atoms with Gasteiger partial charge >= 0.3 is 5.97 Å². The molecule has 2 amide bonds. The maximum Gasteiger partial charge on any atom is 0.340 e. The molecule has 0 fully saturated rings. The monoisotopic (exact) mass is 426 g/mol. The lowest BCUT2D eigenvalue weighted by Crippen LogP contribution is -2.20. The first-order valence-electron chi connectivity index (χ1n) is 8.99. The molecule has 0 radical (unpaired) electrons. The molecule has 8 heteroatoms. The molecule has 0 unspecified atom stereocenters. The first-order valence-corrected chi connectivity index (χ1v) is 9.36. The number of benzene rings is 2. The van der Waals surface area contributed by atoms with Crippen LogP contribution in [-0.4, -0.2) is 31.5 Å². The van der Waals surface area contributed by atoms with Crippen molar-refractivity contribution in [3.05, 3.63) is 76.0 Å². The molecule has 0 aliphatic carbocycles. The van der Waals surface area contributed by atoms with Crippen molar-refractivity contribution < 1.29 is 23.9 Å². The Hall–Kier alpha value is -3.58. The molecule has 30 heavy (non-hydrogen) atoms. The van der Waals surface area contributed by atoms with E-state index in [-0.39, 0.29) is 29.6 Å². The first kappa shape index (κ1) is 21.1. The van der Waals surface area contributed by atoms with Gasteiger partial charge in [0.2, 0.25) is 0 Å². The van der Waals surface area contributed by atoms with Crippen LogP contribution < -0.4 is 15.4 Å². The molecular formula is C22H19ClN2O5. The van der Waals surface area contributed by atoms with Crippen molar-refractivity contribution in [3.63, 3.8) is 0 Å². The lowest BCUT2D eigenvalue weighted by molar-refractivity contribution is -0.136. The number of amides is 2. The van der Waals surface area contributed by atoms with Crippen LogP contribution in [0.4, 0.5) is 5.69 Å². The molecule has 7 nitrogen and oxygen atoms in total. The Labute approximate surface area is 178 Å². The molecule has 0 saturated heterocycles. The number of halogens is 1. The third kappa shape index (κ3) is 4.87. The third-order valence-electron chi connectivity index (χ3n) is 4.29. The summed E-state index contributed by atoms with van der Waals surface area (Å²) in [5.74, 6) is -0.825. The van der Waals surface area contributed by atoms with Gasteiger partial charge in [-0.1, -0.05) is 35.9 Å². The molecular weight excluding hydrogens is 408 g/mol. The summed E-state index contributed by atoms with van der Waals surface area (Å²) in [6.07, 6.45) is 1.59. The zero-order valence-electron chi connectivity index (χ0n) is 16.3. The predicted molar refractivity (Wildman–Crippen MR) is 113 cm³/mol. The number of carbonyl (C=O) groups is 3. The summed E-state index contributed by atoms with van der Waals surface area (Å²) < 4.78 is 10.2. The number of ether oxygens (including phenoxy) is 2. The van der Waals surface area contributed by atoms with E-state index >= 15 is 0 Å². The fraction of sp³-hybridized carbons (Fsp3) is 0.136. The second-order valence-corrected chi connectivity index (χ2v) is 6.80. The minimum absolute atomic E-state index is 0.192. The Morgan fingerprint density at radius 2 is 1.83 bits per heavy atom. The van der Waals surface area contributed by atoms with Crippen LogP contribution in [0, 0.1) is 0 Å². The van der Waals surface area contributed by atoms with Gasteiger partial charge in [0.05, 0.1) is 29.0 Å². The van der Waals surface area contributed by atoms with Gasteiger partial charge in [0.1, 0.15) is 5.75 Å². The summed E-state index contributed by atoms with van der Waals surface area (Å²) in [5, 5.41) is 5.72. The molecule has 0 atom stereocenters. The summed E-state index contributed by atoms with van der Waals surface area (Å²) in [6, 6.07) is 13.7. The van der Waals surface area contributed by atoms with Crippen molar-refractivity contribution in [2.45, 2.75) is 6.92 Å². The standard InChI is InChI=1S/C22H19ClN2O5/c1-13-20(22(28)29-2)16(21(27)24-13)11-14-7-9-15(10-8-14)30-12-19(26)25-18-6-4-3-5-17(18)23/h3-11H,12H2,1-2H3,(H,24,27)(H,25,26)/b16-11-. The number of hydrogen-bond acceptors (Lipinski definition) is 5. The van der Waals surface area contributed by atoms with Crippen LogP contribution in [0.3, 0.4) is 0 Å². The maximum atomic E-state index is 12.1. The minimum Gasteiger partial charge on any atom is -0.484 e. The van der Waals surface area contributed by atoms with Crippen molar-refractivity contribution in [2.75, 3.05) is 19.0 Å². The van der Waals surface area contributed by atoms with Gasteiger partial charge < -0.3 is 20.1 Å². The Morgan fingerprint density at radius 3 is 2.50 bits per heavy atom. The molecule has 0 bridgehead atoms. The van der Waals surface area contributed by atoms with E-state index in [1.807, 2.05) is 0 Å². The van der Waals surface area contributed by atoms with Gasteiger partial charge in [0, 0.05) is 5.70 Å². The number of allylic oxidation sites excluding steroid dienone is 1. The molecule has 0 spiro atoms. The highest BCUT2D eigenvalue weighted by Crippen LogP contribution is 2.25. The summed E-state index contributed by atoms with van der Waals surface area (Å²) >= 11 is 6.01. The van der Waals surface area contributed by atoms with Gasteiger partial charge in [-0.05, 0) is 42.8 Å². The fourth-order valence-corrected chi connectivity index (χ4v) is 3.03. The van der Waals surface area contributed by atoms with Crippen LogP contribution >= 0.6 is 11.6 Å². The van der Waals surface area contributed by atoms with Crippen molar-refractivity contribution in [2.24, 2.45) is 0 Å². The van der Waals surface area contributed by atoms with E-state index in [9.17, 15) is 14.4 Å². The zero-order valence-corrected chi connectivity index (χ0v) is 17.1. The second-order valence-electron chi connectivity index (χ2n) is 6.39. The number of rotatable bonds is 6. The van der Waals surface area contributed by atoms with E-state index in [1.165, 1.54) is 7.11 Å². The number of methoxy groups -OCH3 is 1. The Bertz CT molecular complexity index is 1060. The summed E-state index contributed by atoms with van der Waals surface area (Å²) in [6.45, 7) is 1.44. The highest BCUT2D eigenvalue weighted by molar-refractivity contribution is 6.33. The van der Waals surface area contributed by atoms with E-state index in [2.05, 4.69) is 10.6 Å². The molecule has 1 heterocycles. The first-order chi connectivity index (χ1) is 14.4. The van der Waals surface area contributed by atoms with Gasteiger partial charge in [-0.15, -0.1) is 0 Å². The normalized spacial score (nSPS) is 14.5. The molecule has 154 valence electrons. The summed E-state index contributed by atoms with van der Waals surface area (Å²) in [7, 11) is 1.26. The Morgan fingerprint density at radius 1 is 1.13 bits per heavy atom. The van der Waals surface area contributed by atoms with Crippen LogP contribution in [0.2, 0.25) is 5.02 Å². The second kappa shape index (κ2) is 9.28. The van der Waals surface area contributed by atoms with Crippen LogP contribution in [0.1, 0.15) is 12.5 Å². The maximum absolute atomic E-state index is 12.1. The summed E-state index contributed by atoms with van der Waals surface area (Å²) in [4.78, 5) is 36.1. The third-order valence-corrected chi connectivity index (χ3v) is 4.62. The fourth-order valence-electron chi connectivity index (χ4n) is 2.84. The number of esters is 1. The van der Waals surface area contributed by atoms with Crippen LogP contribution in [0.5, 0.6) is 5.75 Å². The predicted octanol–water partition coefficient (Wildman–Crippen LogP) is 3.32. The molecule has 0 saturated carbocycles. The van der Waals surface area contributed by atoms with Crippen LogP contribution in [0.25, 0.3) is 6.08 Å². The average molecular weight is 427 g/mol. The number of anilines is 1. The molecule has 2 aromatic rings. The lowest BCUT2D eigenvalue weighted by atomic mass is 10.0. The topological polar surface area (TPSA) is 93.7 Å². The molecule has 2 N–H and O–H groups in total. The largest absolute Gasteiger partial charge is 0.484 e. The van der Waals surface area contributed by atoms with E-state index in [0.717, 1.165) is 0 Å². The number of nitrogens with one attached hydrogen (secondary N) is 2. The lowest BCUT2D eigenvalue weighted by Gasteiger charge is -2.09. The molecule has 2 aromatic carbocycles. The Balaban J connectivity index is 1.64. The highest BCUT2D eigenvalue weighted by Gasteiger charge is 2.30. The van der Waals surface area contributed by atoms with Crippen molar-refractivity contribution in [3.8, 4) is 5.75 Å². The number of carbonyl (C=O) groups excluding carboxylic acids is 3. The highest BCUT2D eigenvalue weighted by atomic mass is 35.5. The van der Waals surface area contributed by atoms with Gasteiger partial charge in [-0.3, -0.25) is 9.59 Å². The van der Waals surface area contributed by atoms with Crippen LogP contribution in [-0.2, 0) is 19.1 Å². The molecule has 1 aliphatic heterocycles. The zero-order chi connectivity index (χ0) is 21.7. The van der Waals surface area contributed by atoms with Gasteiger partial charge in [-0.2, -0.15) is 0 Å². The van der Waals surface area contributed by atoms with Crippen LogP contribution in [0.15, 0.2) is 65.4 Å². The SMILES string of the molecule is COC(=O)C1=C(C)NC(=O)/C1=C\c1ccc(OCC(=O)Nc2ccccc2Cl)cc1. The quantitative estimate of drug-likeness (QED) is 0.546. The van der Waals surface area contributed by atoms with E-state index in [0.29, 0.717) is 27.7 Å².